The quantitative estimate of drug-likeness (QED) is 0.00813. The molecule has 0 bridgehead atoms. The summed E-state index contributed by atoms with van der Waals surface area (Å²) in [6, 6.07) is 14.4. The number of nitrogens with two attached hydrogens (primary N) is 5. The molecule has 0 aromatic heterocycles. The molecular weight excluding hydrogens is 869 g/mol. The second kappa shape index (κ2) is 21.9. The number of aliphatic hydroxyl groups excluding tert-OH is 4. The molecule has 1 heterocycles. The van der Waals surface area contributed by atoms with E-state index < -0.39 is 78.4 Å². The largest absolute Gasteiger partial charge is 0.507 e. The minimum atomic E-state index is -1.60. The monoisotopic (exact) mass is 924 g/mol. The average molecular weight is 925 g/mol. The molecule has 0 amide bonds. The molecule has 4 aromatic rings. The van der Waals surface area contributed by atoms with Crippen LogP contribution in [0.4, 0.5) is 0 Å². The Kier molecular flexibility index (Phi) is 16.4. The first-order chi connectivity index (χ1) is 32.0. The highest BCUT2D eigenvalue weighted by atomic mass is 16.7. The third kappa shape index (κ3) is 11.1. The van der Waals surface area contributed by atoms with Gasteiger partial charge in [0.05, 0.1) is 43.7 Å². The van der Waals surface area contributed by atoms with Gasteiger partial charge < -0.3 is 73.1 Å². The van der Waals surface area contributed by atoms with Gasteiger partial charge in [-0.25, -0.2) is 0 Å². The fourth-order valence-corrected chi connectivity index (χ4v) is 8.29. The second-order valence-electron chi connectivity index (χ2n) is 16.3. The molecule has 4 aromatic carbocycles. The standard InChI is InChI=1S/C48H56N6O13/c1-23-40(59)44(63)45(64-15-14-54-48(52)53)47(65-23)67-36-20-33-39(41(60)32(36)18-27-8-4-10-30(46(50)51)34(27)22-56)43(62)37-28(21-55)19-35(66-24(2)57)31(38(37)42(33)61)12-11-25-6-3-7-26(16-25)17-29(58)9-5-13-49/h3-4,6-8,10-12,16,19-20,22-23,29,40,44-47,55,58-60,63H,5,9,13-15,17-18,21,49-51H2,1-2H3,(H4,52,53,54)/b12-11+/t23-,29+,40+,44+,45+,47+/m0/s1. The molecule has 6 atom stereocenters. The Morgan fingerprint density at radius 2 is 1.69 bits per heavy atom. The molecule has 67 heavy (non-hydrogen) atoms. The van der Waals surface area contributed by atoms with Crippen LogP contribution in [-0.2, 0) is 33.7 Å². The predicted octanol–water partition coefficient (Wildman–Crippen LogP) is 1.22. The van der Waals surface area contributed by atoms with Crippen molar-refractivity contribution in [1.82, 2.24) is 0 Å². The number of phenols is 1. The molecular formula is C48H56N6O13. The fourth-order valence-electron chi connectivity index (χ4n) is 8.29. The number of nitrogens with zero attached hydrogens (tertiary/aromatic N) is 1. The number of aldehydes is 1. The number of hydrogen-bond donors (Lipinski definition) is 10. The smallest absolute Gasteiger partial charge is 0.308 e. The maximum atomic E-state index is 15.1. The first kappa shape index (κ1) is 50.0. The first-order valence-corrected chi connectivity index (χ1v) is 21.5. The first-order valence-electron chi connectivity index (χ1n) is 21.5. The average Bonchev–Trinajstić information content (AvgIpc) is 3.28. The molecule has 0 unspecified atom stereocenters. The van der Waals surface area contributed by atoms with Crippen LogP contribution >= 0.6 is 0 Å². The molecule has 19 nitrogen and oxygen atoms in total. The van der Waals surface area contributed by atoms with Crippen LogP contribution in [0.3, 0.4) is 0 Å². The number of aromatic hydroxyl groups is 1. The van der Waals surface area contributed by atoms with Gasteiger partial charge in [-0.2, -0.15) is 0 Å². The van der Waals surface area contributed by atoms with Gasteiger partial charge in [0.15, 0.2) is 23.8 Å². The van der Waals surface area contributed by atoms with Crippen LogP contribution in [-0.4, -0.2) is 112 Å². The van der Waals surface area contributed by atoms with Crippen molar-refractivity contribution < 1.29 is 63.7 Å². The Morgan fingerprint density at radius 3 is 2.36 bits per heavy atom. The normalized spacial score (nSPS) is 19.5. The van der Waals surface area contributed by atoms with Crippen molar-refractivity contribution >= 4 is 41.9 Å². The number of carbonyl (C=O) groups is 4. The van der Waals surface area contributed by atoms with E-state index in [1.165, 1.54) is 25.1 Å². The minimum Gasteiger partial charge on any atom is -0.507 e. The van der Waals surface area contributed by atoms with Crippen LogP contribution in [0.25, 0.3) is 12.2 Å². The third-order valence-electron chi connectivity index (χ3n) is 11.5. The number of fused-ring (bicyclic) bond motifs is 2. The van der Waals surface area contributed by atoms with Gasteiger partial charge in [0, 0.05) is 46.7 Å². The number of hydrogen-bond acceptors (Lipinski definition) is 17. The lowest BCUT2D eigenvalue weighted by Crippen LogP contribution is -2.59. The summed E-state index contributed by atoms with van der Waals surface area (Å²) in [6.45, 7) is 2.03. The van der Waals surface area contributed by atoms with Gasteiger partial charge in [0.2, 0.25) is 6.29 Å². The molecule has 0 saturated carbocycles. The number of guanidine groups is 1. The summed E-state index contributed by atoms with van der Waals surface area (Å²) in [7, 11) is 0. The molecule has 19 heteroatoms. The zero-order valence-electron chi connectivity index (χ0n) is 37.0. The molecule has 1 aliphatic carbocycles. The summed E-state index contributed by atoms with van der Waals surface area (Å²) >= 11 is 0. The number of esters is 1. The molecule has 1 aliphatic heterocycles. The number of benzene rings is 4. The number of rotatable bonds is 19. The van der Waals surface area contributed by atoms with Gasteiger partial charge in [-0.1, -0.05) is 48.5 Å². The van der Waals surface area contributed by atoms with Crippen LogP contribution in [0, 0.1) is 0 Å². The second-order valence-corrected chi connectivity index (χ2v) is 16.3. The lowest BCUT2D eigenvalue weighted by Gasteiger charge is -2.41. The number of ether oxygens (including phenoxy) is 4. The van der Waals surface area contributed by atoms with E-state index in [1.807, 2.05) is 12.1 Å². The van der Waals surface area contributed by atoms with E-state index in [1.54, 1.807) is 36.4 Å². The molecule has 0 radical (unpaired) electrons. The van der Waals surface area contributed by atoms with Crippen molar-refractivity contribution in [2.45, 2.75) is 89.1 Å². The van der Waals surface area contributed by atoms with Crippen molar-refractivity contribution in [1.29, 1.82) is 0 Å². The summed E-state index contributed by atoms with van der Waals surface area (Å²) in [5, 5.41) is 55.6. The SMILES string of the molecule is CC(=O)Oc1cc(CO)c2c(c1/C=C/c1cccc(C[C@H](O)CCCN)c1)C(=O)c1cc(O[C@H]3O[C@@H](C)[C@@H](O)[C@@H](O)[C@H]3OCCN=C(N)N)c(Cc3cccc(C(N)N)c3C=O)c(O)c1C2=O. The van der Waals surface area contributed by atoms with E-state index in [0.29, 0.717) is 37.7 Å². The van der Waals surface area contributed by atoms with Crippen LogP contribution in [0.15, 0.2) is 59.6 Å². The summed E-state index contributed by atoms with van der Waals surface area (Å²) in [6.07, 6.45) is -3.95. The molecule has 6 rings (SSSR count). The predicted molar refractivity (Wildman–Crippen MR) is 245 cm³/mol. The van der Waals surface area contributed by atoms with Crippen LogP contribution in [0.1, 0.15) is 114 Å². The highest BCUT2D eigenvalue weighted by Gasteiger charge is 2.46. The Bertz CT molecular complexity index is 2580. The Hall–Kier alpha value is -6.39. The van der Waals surface area contributed by atoms with Crippen molar-refractivity contribution in [2.24, 2.45) is 33.7 Å². The van der Waals surface area contributed by atoms with Crippen molar-refractivity contribution in [3.05, 3.63) is 121 Å². The maximum absolute atomic E-state index is 15.1. The lowest BCUT2D eigenvalue weighted by molar-refractivity contribution is -0.278. The fraction of sp³-hybridized carbons (Fsp3) is 0.354. The van der Waals surface area contributed by atoms with Crippen LogP contribution in [0.5, 0.6) is 17.2 Å². The zero-order chi connectivity index (χ0) is 48.7. The van der Waals surface area contributed by atoms with E-state index in [9.17, 15) is 39.9 Å². The van der Waals surface area contributed by atoms with Gasteiger partial charge in [-0.15, -0.1) is 0 Å². The molecule has 2 aliphatic rings. The van der Waals surface area contributed by atoms with E-state index >= 15 is 4.79 Å². The summed E-state index contributed by atoms with van der Waals surface area (Å²) in [4.78, 5) is 59.0. The highest BCUT2D eigenvalue weighted by Crippen LogP contribution is 2.45. The Balaban J connectivity index is 1.54. The zero-order valence-corrected chi connectivity index (χ0v) is 37.0. The van der Waals surface area contributed by atoms with Crippen molar-refractivity contribution in [3.63, 3.8) is 0 Å². The number of ketones is 2. The molecule has 15 N–H and O–H groups in total. The van der Waals surface area contributed by atoms with Gasteiger partial charge in [0.1, 0.15) is 35.6 Å². The van der Waals surface area contributed by atoms with Gasteiger partial charge >= 0.3 is 5.97 Å². The Labute approximate surface area is 385 Å². The van der Waals surface area contributed by atoms with Crippen LogP contribution in [0.2, 0.25) is 0 Å². The summed E-state index contributed by atoms with van der Waals surface area (Å²) < 4.78 is 23.9. The number of aliphatic hydroxyl groups is 4. The molecule has 0 spiro atoms. The van der Waals surface area contributed by atoms with Crippen molar-refractivity contribution in [3.8, 4) is 17.2 Å². The summed E-state index contributed by atoms with van der Waals surface area (Å²) in [5.41, 5.74) is 29.0. The lowest BCUT2D eigenvalue weighted by atomic mass is 9.77. The topological polar surface area (TPSA) is 349 Å². The molecule has 1 fully saturated rings. The van der Waals surface area contributed by atoms with E-state index in [2.05, 4.69) is 4.99 Å². The van der Waals surface area contributed by atoms with Crippen LogP contribution < -0.4 is 38.1 Å². The van der Waals surface area contributed by atoms with E-state index in [0.717, 1.165) is 12.5 Å². The van der Waals surface area contributed by atoms with Gasteiger partial charge in [-0.05, 0) is 78.8 Å². The number of phenolic OH excluding ortho intramolecular Hbond substituents is 1. The maximum Gasteiger partial charge on any atom is 0.308 e. The number of carbonyl (C=O) groups excluding carboxylic acids is 4. The van der Waals surface area contributed by atoms with Crippen molar-refractivity contribution in [2.75, 3.05) is 19.7 Å². The molecule has 1 saturated heterocycles. The number of aliphatic imine (C=N–C) groups is 1. The van der Waals surface area contributed by atoms with E-state index in [4.69, 9.17) is 47.6 Å². The highest BCUT2D eigenvalue weighted by molar-refractivity contribution is 6.31. The van der Waals surface area contributed by atoms with E-state index in [-0.39, 0.29) is 87.1 Å². The van der Waals surface area contributed by atoms with Gasteiger partial charge in [-0.3, -0.25) is 24.2 Å². The third-order valence-corrected chi connectivity index (χ3v) is 11.5. The Morgan fingerprint density at radius 1 is 0.940 bits per heavy atom. The van der Waals surface area contributed by atoms with Gasteiger partial charge in [0.25, 0.3) is 0 Å². The summed E-state index contributed by atoms with van der Waals surface area (Å²) in [5.74, 6) is -3.87. The molecule has 356 valence electrons. The minimum absolute atomic E-state index is 0.00725.